The Kier molecular flexibility index (Phi) is 11.6. The molecule has 1 amide bonds. The van der Waals surface area contributed by atoms with Gasteiger partial charge in [-0.15, -0.1) is 24.0 Å². The van der Waals surface area contributed by atoms with Crippen LogP contribution in [0.3, 0.4) is 0 Å². The maximum Gasteiger partial charge on any atom is 0.242 e. The van der Waals surface area contributed by atoms with E-state index in [4.69, 9.17) is 16.3 Å². The van der Waals surface area contributed by atoms with Crippen LogP contribution in [0.5, 0.6) is 5.75 Å². The minimum Gasteiger partial charge on any atom is -0.487 e. The van der Waals surface area contributed by atoms with Gasteiger partial charge in [-0.1, -0.05) is 23.7 Å². The van der Waals surface area contributed by atoms with Crippen molar-refractivity contribution in [3.63, 3.8) is 0 Å². The monoisotopic (exact) mass is 496 g/mol. The molecule has 0 aliphatic rings. The number of benzene rings is 1. The van der Waals surface area contributed by atoms with E-state index in [0.717, 1.165) is 0 Å². The Labute approximate surface area is 178 Å². The van der Waals surface area contributed by atoms with Crippen LogP contribution >= 0.6 is 35.6 Å². The lowest BCUT2D eigenvalue weighted by atomic mass is 10.1. The molecule has 0 fully saturated rings. The highest BCUT2D eigenvalue weighted by atomic mass is 127. The number of amides is 1. The maximum absolute atomic E-state index is 11.9. The van der Waals surface area contributed by atoms with Gasteiger partial charge in [-0.2, -0.15) is 0 Å². The number of nitrogens with one attached hydrogen (secondary N) is 3. The molecule has 0 aromatic heterocycles. The number of halogens is 2. The fraction of sp³-hybridized carbons (Fsp3) is 0.556. The molecule has 8 heteroatoms. The molecule has 3 N–H and O–H groups in total. The summed E-state index contributed by atoms with van der Waals surface area (Å²) in [5.41, 5.74) is -0.268. The van der Waals surface area contributed by atoms with Crippen molar-refractivity contribution in [2.75, 3.05) is 19.6 Å². The quantitative estimate of drug-likeness (QED) is 0.308. The Morgan fingerprint density at radius 1 is 1.27 bits per heavy atom. The van der Waals surface area contributed by atoms with Crippen molar-refractivity contribution in [1.82, 2.24) is 16.0 Å². The van der Waals surface area contributed by atoms with Crippen LogP contribution in [-0.2, 0) is 4.79 Å². The lowest BCUT2D eigenvalue weighted by molar-refractivity contribution is -0.121. The number of ether oxygens (including phenoxy) is 1. The predicted octanol–water partition coefficient (Wildman–Crippen LogP) is 3.20. The Balaban J connectivity index is 0.00000625. The summed E-state index contributed by atoms with van der Waals surface area (Å²) in [6, 6.07) is 7.35. The van der Waals surface area contributed by atoms with Crippen molar-refractivity contribution in [3.05, 3.63) is 29.3 Å². The highest BCUT2D eigenvalue weighted by molar-refractivity contribution is 14.0. The number of carbonyl (C=O) groups is 1. The van der Waals surface area contributed by atoms with Crippen molar-refractivity contribution in [3.8, 4) is 5.75 Å². The van der Waals surface area contributed by atoms with Crippen LogP contribution in [-0.4, -0.2) is 43.1 Å². The second-order valence-corrected chi connectivity index (χ2v) is 7.14. The summed E-state index contributed by atoms with van der Waals surface area (Å²) >= 11 is 6.09. The molecule has 0 saturated heterocycles. The zero-order valence-corrected chi connectivity index (χ0v) is 19.1. The summed E-state index contributed by atoms with van der Waals surface area (Å²) in [5.74, 6) is 1.09. The molecular weight excluding hydrogens is 467 g/mol. The van der Waals surface area contributed by atoms with Crippen LogP contribution in [0.1, 0.15) is 34.6 Å². The van der Waals surface area contributed by atoms with Gasteiger partial charge in [0, 0.05) is 12.1 Å². The van der Waals surface area contributed by atoms with Gasteiger partial charge < -0.3 is 20.7 Å². The van der Waals surface area contributed by atoms with E-state index >= 15 is 0 Å². The Hall–Kier alpha value is -1.22. The van der Waals surface area contributed by atoms with Gasteiger partial charge in [0.1, 0.15) is 18.4 Å². The summed E-state index contributed by atoms with van der Waals surface area (Å²) in [6.07, 6.45) is -0.118. The average molecular weight is 497 g/mol. The van der Waals surface area contributed by atoms with Gasteiger partial charge in [0.05, 0.1) is 11.6 Å². The molecule has 0 bridgehead atoms. The first-order chi connectivity index (χ1) is 11.7. The molecule has 0 aliphatic carbocycles. The Morgan fingerprint density at radius 2 is 1.92 bits per heavy atom. The molecule has 1 aromatic rings. The number of guanidine groups is 1. The largest absolute Gasteiger partial charge is 0.487 e. The van der Waals surface area contributed by atoms with E-state index in [0.29, 0.717) is 29.8 Å². The van der Waals surface area contributed by atoms with Crippen LogP contribution in [0.2, 0.25) is 5.02 Å². The molecule has 1 rings (SSSR count). The summed E-state index contributed by atoms with van der Waals surface area (Å²) in [4.78, 5) is 16.2. The molecule has 0 saturated carbocycles. The zero-order valence-electron chi connectivity index (χ0n) is 16.1. The molecule has 0 heterocycles. The first-order valence-electron chi connectivity index (χ1n) is 8.45. The molecule has 1 atom stereocenters. The summed E-state index contributed by atoms with van der Waals surface area (Å²) < 4.78 is 5.81. The van der Waals surface area contributed by atoms with Gasteiger partial charge in [0.25, 0.3) is 0 Å². The van der Waals surface area contributed by atoms with E-state index in [1.54, 1.807) is 6.07 Å². The van der Waals surface area contributed by atoms with E-state index in [-0.39, 0.29) is 48.1 Å². The van der Waals surface area contributed by atoms with Gasteiger partial charge in [0.15, 0.2) is 5.96 Å². The number of aliphatic imine (C=N–C) groups is 1. The van der Waals surface area contributed by atoms with E-state index in [1.807, 2.05) is 52.8 Å². The molecule has 1 unspecified atom stereocenters. The van der Waals surface area contributed by atoms with Crippen molar-refractivity contribution in [1.29, 1.82) is 0 Å². The first-order valence-corrected chi connectivity index (χ1v) is 8.83. The Bertz CT molecular complexity index is 591. The van der Waals surface area contributed by atoms with Gasteiger partial charge in [-0.3, -0.25) is 4.79 Å². The second-order valence-electron chi connectivity index (χ2n) is 6.73. The topological polar surface area (TPSA) is 74.8 Å². The molecule has 1 aromatic carbocycles. The highest BCUT2D eigenvalue weighted by Crippen LogP contribution is 2.23. The summed E-state index contributed by atoms with van der Waals surface area (Å²) in [6.45, 7) is 11.0. The minimum absolute atomic E-state index is 0. The predicted molar refractivity (Wildman–Crippen MR) is 119 cm³/mol. The fourth-order valence-corrected chi connectivity index (χ4v) is 2.17. The normalized spacial score (nSPS) is 12.6. The van der Waals surface area contributed by atoms with Crippen LogP contribution < -0.4 is 20.7 Å². The second kappa shape index (κ2) is 12.2. The standard InChI is InChI=1S/C18H29ClN4O2.HI/c1-6-20-17(22-12-16(24)23-18(3,4)5)21-11-13(2)25-15-10-8-7-9-14(15)19;/h7-10,13H,6,11-12H2,1-5H3,(H,23,24)(H2,20,21,22);1H. The van der Waals surface area contributed by atoms with Crippen molar-refractivity contribution < 1.29 is 9.53 Å². The fourth-order valence-electron chi connectivity index (χ4n) is 1.99. The van der Waals surface area contributed by atoms with Gasteiger partial charge in [-0.25, -0.2) is 4.99 Å². The van der Waals surface area contributed by atoms with Gasteiger partial charge in [0.2, 0.25) is 5.91 Å². The Morgan fingerprint density at radius 3 is 2.50 bits per heavy atom. The molecule has 0 aliphatic heterocycles. The zero-order chi connectivity index (χ0) is 18.9. The highest BCUT2D eigenvalue weighted by Gasteiger charge is 2.13. The van der Waals surface area contributed by atoms with E-state index < -0.39 is 0 Å². The van der Waals surface area contributed by atoms with Crippen LogP contribution in [0.15, 0.2) is 29.3 Å². The lowest BCUT2D eigenvalue weighted by Crippen LogP contribution is -2.44. The third-order valence-corrected chi connectivity index (χ3v) is 3.27. The molecule has 6 nitrogen and oxygen atoms in total. The third kappa shape index (κ3) is 10.7. The number of nitrogens with zero attached hydrogens (tertiary/aromatic N) is 1. The van der Waals surface area contributed by atoms with Crippen molar-refractivity contribution in [2.45, 2.75) is 46.3 Å². The first kappa shape index (κ1) is 24.8. The molecule has 26 heavy (non-hydrogen) atoms. The lowest BCUT2D eigenvalue weighted by Gasteiger charge is -2.20. The SMILES string of the molecule is CCNC(=NCC(=O)NC(C)(C)C)NCC(C)Oc1ccccc1Cl.I. The number of hydrogen-bond donors (Lipinski definition) is 3. The molecule has 0 radical (unpaired) electrons. The van der Waals surface area contributed by atoms with E-state index in [9.17, 15) is 4.79 Å². The molecule has 148 valence electrons. The van der Waals surface area contributed by atoms with Crippen LogP contribution in [0, 0.1) is 0 Å². The summed E-state index contributed by atoms with van der Waals surface area (Å²) in [5, 5.41) is 9.73. The third-order valence-electron chi connectivity index (χ3n) is 2.96. The summed E-state index contributed by atoms with van der Waals surface area (Å²) in [7, 11) is 0. The number of hydrogen-bond acceptors (Lipinski definition) is 3. The van der Waals surface area contributed by atoms with Crippen molar-refractivity contribution >= 4 is 47.4 Å². The van der Waals surface area contributed by atoms with Crippen LogP contribution in [0.25, 0.3) is 0 Å². The van der Waals surface area contributed by atoms with Crippen molar-refractivity contribution in [2.24, 2.45) is 4.99 Å². The van der Waals surface area contributed by atoms with E-state index in [2.05, 4.69) is 20.9 Å². The molecular formula is C18H30ClIN4O2. The number of para-hydroxylation sites is 1. The smallest absolute Gasteiger partial charge is 0.242 e. The van der Waals surface area contributed by atoms with Gasteiger partial charge in [-0.05, 0) is 46.8 Å². The van der Waals surface area contributed by atoms with Gasteiger partial charge >= 0.3 is 0 Å². The molecule has 0 spiro atoms. The maximum atomic E-state index is 11.9. The number of carbonyl (C=O) groups excluding carboxylic acids is 1. The average Bonchev–Trinajstić information content (AvgIpc) is 2.50. The van der Waals surface area contributed by atoms with Crippen LogP contribution in [0.4, 0.5) is 0 Å². The number of rotatable bonds is 7. The van der Waals surface area contributed by atoms with E-state index in [1.165, 1.54) is 0 Å². The minimum atomic E-state index is -0.268.